The van der Waals surface area contributed by atoms with Crippen molar-refractivity contribution >= 4 is 0 Å². The van der Waals surface area contributed by atoms with Crippen LogP contribution in [0.15, 0.2) is 6.33 Å². The van der Waals surface area contributed by atoms with E-state index < -0.39 is 0 Å². The molecule has 4 heteroatoms. The molecule has 1 aromatic rings. The summed E-state index contributed by atoms with van der Waals surface area (Å²) in [5, 5.41) is 8.51. The first-order valence-electron chi connectivity index (χ1n) is 7.41. The zero-order valence-electron chi connectivity index (χ0n) is 11.1. The van der Waals surface area contributed by atoms with Crippen LogP contribution in [0.2, 0.25) is 0 Å². The standard InChI is InChI=1S/C14H24N4/c15-10-14(7-4-8-14)9-13-17-16-11-18(13)12-5-2-1-3-6-12/h11-12H,1-10,15H2. The van der Waals surface area contributed by atoms with Crippen molar-refractivity contribution in [1.82, 2.24) is 14.8 Å². The topological polar surface area (TPSA) is 56.7 Å². The second kappa shape index (κ2) is 5.00. The molecule has 2 N–H and O–H groups in total. The fraction of sp³-hybridized carbons (Fsp3) is 0.857. The van der Waals surface area contributed by atoms with Crippen molar-refractivity contribution in [3.8, 4) is 0 Å². The van der Waals surface area contributed by atoms with Gasteiger partial charge in [-0.05, 0) is 37.6 Å². The van der Waals surface area contributed by atoms with Crippen LogP contribution in [-0.4, -0.2) is 21.3 Å². The molecule has 2 saturated carbocycles. The molecule has 0 amide bonds. The molecule has 4 nitrogen and oxygen atoms in total. The summed E-state index contributed by atoms with van der Waals surface area (Å²) in [6.45, 7) is 0.796. The van der Waals surface area contributed by atoms with Gasteiger partial charge in [0.1, 0.15) is 12.2 Å². The summed E-state index contributed by atoms with van der Waals surface area (Å²) >= 11 is 0. The van der Waals surface area contributed by atoms with Crippen LogP contribution in [-0.2, 0) is 6.42 Å². The number of rotatable bonds is 4. The predicted molar refractivity (Wildman–Crippen MR) is 71.2 cm³/mol. The summed E-state index contributed by atoms with van der Waals surface area (Å²) in [5.74, 6) is 1.17. The lowest BCUT2D eigenvalue weighted by Gasteiger charge is -2.41. The number of hydrogen-bond donors (Lipinski definition) is 1. The minimum atomic E-state index is 0.333. The Hall–Kier alpha value is -0.900. The van der Waals surface area contributed by atoms with E-state index in [2.05, 4.69) is 14.8 Å². The van der Waals surface area contributed by atoms with Crippen molar-refractivity contribution in [2.45, 2.75) is 63.8 Å². The molecular formula is C14H24N4. The van der Waals surface area contributed by atoms with Gasteiger partial charge in [0, 0.05) is 12.5 Å². The first-order valence-corrected chi connectivity index (χ1v) is 7.41. The summed E-state index contributed by atoms with van der Waals surface area (Å²) in [6.07, 6.45) is 13.5. The van der Waals surface area contributed by atoms with Crippen LogP contribution in [0.1, 0.15) is 63.2 Å². The largest absolute Gasteiger partial charge is 0.330 e. The maximum Gasteiger partial charge on any atom is 0.133 e. The predicted octanol–water partition coefficient (Wildman–Crippen LogP) is 2.45. The van der Waals surface area contributed by atoms with E-state index in [-0.39, 0.29) is 0 Å². The highest BCUT2D eigenvalue weighted by Gasteiger charge is 2.37. The molecule has 0 unspecified atom stereocenters. The van der Waals surface area contributed by atoms with E-state index in [0.717, 1.165) is 13.0 Å². The Bertz CT molecular complexity index is 383. The van der Waals surface area contributed by atoms with E-state index in [1.807, 2.05) is 6.33 Å². The van der Waals surface area contributed by atoms with Crippen LogP contribution >= 0.6 is 0 Å². The Morgan fingerprint density at radius 2 is 2.00 bits per heavy atom. The van der Waals surface area contributed by atoms with Gasteiger partial charge in [-0.25, -0.2) is 0 Å². The molecule has 2 aliphatic rings. The Balaban J connectivity index is 1.74. The molecule has 0 atom stereocenters. The van der Waals surface area contributed by atoms with E-state index in [1.54, 1.807) is 0 Å². The molecule has 0 saturated heterocycles. The second-order valence-corrected chi connectivity index (χ2v) is 6.18. The van der Waals surface area contributed by atoms with Gasteiger partial charge >= 0.3 is 0 Å². The van der Waals surface area contributed by atoms with Crippen molar-refractivity contribution in [2.75, 3.05) is 6.54 Å². The highest BCUT2D eigenvalue weighted by atomic mass is 15.3. The number of nitrogens with two attached hydrogens (primary N) is 1. The van der Waals surface area contributed by atoms with Gasteiger partial charge in [0.15, 0.2) is 0 Å². The second-order valence-electron chi connectivity index (χ2n) is 6.18. The molecule has 1 aromatic heterocycles. The Morgan fingerprint density at radius 3 is 2.61 bits per heavy atom. The van der Waals surface area contributed by atoms with E-state index in [4.69, 9.17) is 5.73 Å². The lowest BCUT2D eigenvalue weighted by atomic mass is 9.66. The average Bonchev–Trinajstić information content (AvgIpc) is 2.83. The smallest absolute Gasteiger partial charge is 0.133 e. The van der Waals surface area contributed by atoms with Crippen LogP contribution in [0.5, 0.6) is 0 Å². The molecule has 2 aliphatic carbocycles. The molecule has 18 heavy (non-hydrogen) atoms. The SMILES string of the molecule is NCC1(Cc2nncn2C2CCCCC2)CCC1. The maximum atomic E-state index is 5.96. The zero-order valence-corrected chi connectivity index (χ0v) is 11.1. The van der Waals surface area contributed by atoms with Crippen molar-refractivity contribution in [1.29, 1.82) is 0 Å². The first-order chi connectivity index (χ1) is 8.83. The van der Waals surface area contributed by atoms with Gasteiger partial charge in [0.05, 0.1) is 0 Å². The molecule has 0 radical (unpaired) electrons. The molecule has 0 aliphatic heterocycles. The fourth-order valence-corrected chi connectivity index (χ4v) is 3.52. The third-order valence-electron chi connectivity index (χ3n) is 5.00. The lowest BCUT2D eigenvalue weighted by Crippen LogP contribution is -2.40. The molecule has 0 spiro atoms. The quantitative estimate of drug-likeness (QED) is 0.890. The van der Waals surface area contributed by atoms with Gasteiger partial charge in [-0.2, -0.15) is 0 Å². The molecule has 100 valence electrons. The van der Waals surface area contributed by atoms with E-state index >= 15 is 0 Å². The van der Waals surface area contributed by atoms with E-state index in [9.17, 15) is 0 Å². The Morgan fingerprint density at radius 1 is 1.22 bits per heavy atom. The molecule has 0 aromatic carbocycles. The summed E-state index contributed by atoms with van der Waals surface area (Å²) in [7, 11) is 0. The summed E-state index contributed by atoms with van der Waals surface area (Å²) in [4.78, 5) is 0. The van der Waals surface area contributed by atoms with Crippen LogP contribution < -0.4 is 5.73 Å². The molecule has 1 heterocycles. The summed E-state index contributed by atoms with van der Waals surface area (Å²) < 4.78 is 2.34. The highest BCUT2D eigenvalue weighted by Crippen LogP contribution is 2.43. The summed E-state index contributed by atoms with van der Waals surface area (Å²) in [6, 6.07) is 0.638. The Kier molecular flexibility index (Phi) is 3.37. The molecular weight excluding hydrogens is 224 g/mol. The molecule has 3 rings (SSSR count). The third-order valence-corrected chi connectivity index (χ3v) is 5.00. The van der Waals surface area contributed by atoms with Crippen molar-refractivity contribution in [3.63, 3.8) is 0 Å². The summed E-state index contributed by atoms with van der Waals surface area (Å²) in [5.41, 5.74) is 6.29. The van der Waals surface area contributed by atoms with Crippen molar-refractivity contribution < 1.29 is 0 Å². The fourth-order valence-electron chi connectivity index (χ4n) is 3.52. The van der Waals surface area contributed by atoms with Crippen LogP contribution in [0.4, 0.5) is 0 Å². The molecule has 2 fully saturated rings. The van der Waals surface area contributed by atoms with Gasteiger partial charge in [-0.15, -0.1) is 10.2 Å². The van der Waals surface area contributed by atoms with Gasteiger partial charge in [-0.3, -0.25) is 0 Å². The average molecular weight is 248 g/mol. The third kappa shape index (κ3) is 2.18. The maximum absolute atomic E-state index is 5.96. The zero-order chi connectivity index (χ0) is 12.4. The van der Waals surface area contributed by atoms with Gasteiger partial charge in [0.25, 0.3) is 0 Å². The number of hydrogen-bond acceptors (Lipinski definition) is 3. The van der Waals surface area contributed by atoms with Gasteiger partial charge in [0.2, 0.25) is 0 Å². The van der Waals surface area contributed by atoms with E-state index in [1.165, 1.54) is 57.2 Å². The highest BCUT2D eigenvalue weighted by molar-refractivity contribution is 5.01. The normalized spacial score (nSPS) is 23.8. The van der Waals surface area contributed by atoms with E-state index in [0.29, 0.717) is 11.5 Å². The molecule has 0 bridgehead atoms. The minimum Gasteiger partial charge on any atom is -0.330 e. The van der Waals surface area contributed by atoms with Crippen LogP contribution in [0.3, 0.4) is 0 Å². The minimum absolute atomic E-state index is 0.333. The first kappa shape index (κ1) is 12.2. The van der Waals surface area contributed by atoms with Crippen molar-refractivity contribution in [2.24, 2.45) is 11.1 Å². The number of aromatic nitrogens is 3. The Labute approximate surface area is 109 Å². The van der Waals surface area contributed by atoms with Gasteiger partial charge in [-0.1, -0.05) is 25.7 Å². The lowest BCUT2D eigenvalue weighted by molar-refractivity contribution is 0.138. The monoisotopic (exact) mass is 248 g/mol. The van der Waals surface area contributed by atoms with Crippen molar-refractivity contribution in [3.05, 3.63) is 12.2 Å². The van der Waals surface area contributed by atoms with Crippen LogP contribution in [0, 0.1) is 5.41 Å². The number of nitrogens with zero attached hydrogens (tertiary/aromatic N) is 3. The van der Waals surface area contributed by atoms with Crippen LogP contribution in [0.25, 0.3) is 0 Å². The van der Waals surface area contributed by atoms with Gasteiger partial charge < -0.3 is 10.3 Å².